The van der Waals surface area contributed by atoms with Gasteiger partial charge in [-0.3, -0.25) is 0 Å². The third kappa shape index (κ3) is 1.79. The largest absolute Gasteiger partial charge is 0.0934 e. The van der Waals surface area contributed by atoms with Crippen LogP contribution in [0.3, 0.4) is 0 Å². The van der Waals surface area contributed by atoms with Gasteiger partial charge in [-0.25, -0.2) is 0 Å². The molecule has 1 heterocycles. The summed E-state index contributed by atoms with van der Waals surface area (Å²) in [5.41, 5.74) is 0. The lowest BCUT2D eigenvalue weighted by atomic mass is 10.3. The second kappa shape index (κ2) is 2.42. The van der Waals surface area contributed by atoms with Crippen molar-refractivity contribution in [3.05, 3.63) is 12.2 Å². The van der Waals surface area contributed by atoms with Crippen molar-refractivity contribution in [1.29, 1.82) is 0 Å². The molecule has 52 valence electrons. The Morgan fingerprint density at radius 3 is 1.78 bits per heavy atom. The normalized spacial score (nSPS) is 21.2. The average molecular weight is 142 g/mol. The molecular formula is C8H15P. The monoisotopic (exact) mass is 142 g/mol. The van der Waals surface area contributed by atoms with E-state index >= 15 is 0 Å². The number of hydrogen-bond acceptors (Lipinski definition) is 0. The van der Waals surface area contributed by atoms with Crippen molar-refractivity contribution in [3.63, 3.8) is 0 Å². The van der Waals surface area contributed by atoms with Crippen LogP contribution in [0.2, 0.25) is 0 Å². The topological polar surface area (TPSA) is 0 Å². The van der Waals surface area contributed by atoms with Crippen LogP contribution in [0.25, 0.3) is 0 Å². The lowest BCUT2D eigenvalue weighted by Crippen LogP contribution is -2.12. The van der Waals surface area contributed by atoms with Gasteiger partial charge in [0.2, 0.25) is 0 Å². The highest BCUT2D eigenvalue weighted by Gasteiger charge is 2.23. The molecule has 0 radical (unpaired) electrons. The fourth-order valence-electron chi connectivity index (χ4n) is 1.03. The Hall–Kier alpha value is 0.170. The fraction of sp³-hybridized carbons (Fsp3) is 0.750. The minimum atomic E-state index is 0.303. The van der Waals surface area contributed by atoms with Gasteiger partial charge in [-0.1, -0.05) is 40.8 Å². The van der Waals surface area contributed by atoms with Crippen LogP contribution in [-0.4, -0.2) is 17.5 Å². The average Bonchev–Trinajstić information content (AvgIpc) is 2.08. The van der Waals surface area contributed by atoms with Crippen molar-refractivity contribution in [2.45, 2.75) is 25.9 Å². The molecule has 0 aromatic heterocycles. The van der Waals surface area contributed by atoms with Gasteiger partial charge in [0.05, 0.1) is 0 Å². The van der Waals surface area contributed by atoms with Crippen molar-refractivity contribution >= 4 is 7.92 Å². The summed E-state index contributed by atoms with van der Waals surface area (Å²) in [4.78, 5) is 0. The van der Waals surface area contributed by atoms with Crippen molar-refractivity contribution < 1.29 is 0 Å². The molecule has 9 heavy (non-hydrogen) atoms. The first-order valence-corrected chi connectivity index (χ1v) is 5.22. The van der Waals surface area contributed by atoms with E-state index in [-0.39, 0.29) is 0 Å². The zero-order valence-corrected chi connectivity index (χ0v) is 7.41. The highest BCUT2D eigenvalue weighted by molar-refractivity contribution is 7.60. The van der Waals surface area contributed by atoms with E-state index in [1.165, 1.54) is 12.3 Å². The van der Waals surface area contributed by atoms with Crippen molar-refractivity contribution in [2.24, 2.45) is 0 Å². The van der Waals surface area contributed by atoms with E-state index in [1.807, 2.05) is 0 Å². The summed E-state index contributed by atoms with van der Waals surface area (Å²) in [7, 11) is 0.303. The minimum Gasteiger partial charge on any atom is -0.0934 e. The summed E-state index contributed by atoms with van der Waals surface area (Å²) in [6.45, 7) is 7.06. The van der Waals surface area contributed by atoms with E-state index in [4.69, 9.17) is 0 Å². The van der Waals surface area contributed by atoms with Crippen molar-refractivity contribution in [1.82, 2.24) is 0 Å². The Bertz CT molecular complexity index is 111. The minimum absolute atomic E-state index is 0.303. The Morgan fingerprint density at radius 1 is 1.11 bits per heavy atom. The van der Waals surface area contributed by atoms with E-state index < -0.39 is 0 Å². The lowest BCUT2D eigenvalue weighted by molar-refractivity contribution is 0.785. The first kappa shape index (κ1) is 7.28. The molecule has 0 bridgehead atoms. The molecule has 0 N–H and O–H groups in total. The number of allylic oxidation sites excluding steroid dienone is 2. The smallest absolute Gasteiger partial charge is 0.0137 e. The second-order valence-electron chi connectivity index (χ2n) is 3.55. The zero-order chi connectivity index (χ0) is 6.91. The molecule has 0 saturated carbocycles. The molecule has 1 aliphatic heterocycles. The molecule has 1 rings (SSSR count). The van der Waals surface area contributed by atoms with Crippen molar-refractivity contribution in [3.8, 4) is 0 Å². The third-order valence-corrected chi connectivity index (χ3v) is 4.97. The van der Waals surface area contributed by atoms with Gasteiger partial charge < -0.3 is 0 Å². The molecule has 0 aliphatic carbocycles. The molecule has 1 aliphatic rings. The molecular weight excluding hydrogens is 127 g/mol. The standard InChI is InChI=1S/C8H15P/c1-8(2,3)9-6-4-5-7-9/h4-5H,6-7H2,1-3H3. The van der Waals surface area contributed by atoms with Gasteiger partial charge in [-0.2, -0.15) is 0 Å². The van der Waals surface area contributed by atoms with E-state index in [1.54, 1.807) is 0 Å². The molecule has 0 spiro atoms. The maximum atomic E-state index is 2.35. The Kier molecular flexibility index (Phi) is 1.96. The van der Waals surface area contributed by atoms with Crippen LogP contribution in [0.15, 0.2) is 12.2 Å². The molecule has 0 unspecified atom stereocenters. The number of rotatable bonds is 0. The highest BCUT2D eigenvalue weighted by Crippen LogP contribution is 2.51. The maximum Gasteiger partial charge on any atom is -0.0137 e. The second-order valence-corrected chi connectivity index (χ2v) is 6.70. The number of hydrogen-bond donors (Lipinski definition) is 0. The van der Waals surface area contributed by atoms with Crippen LogP contribution in [0.4, 0.5) is 0 Å². The van der Waals surface area contributed by atoms with Gasteiger partial charge in [0.15, 0.2) is 0 Å². The summed E-state index contributed by atoms with van der Waals surface area (Å²) < 4.78 is 0. The summed E-state index contributed by atoms with van der Waals surface area (Å²) >= 11 is 0. The summed E-state index contributed by atoms with van der Waals surface area (Å²) in [5.74, 6) is 0. The van der Waals surface area contributed by atoms with E-state index in [2.05, 4.69) is 32.9 Å². The molecule has 0 aromatic carbocycles. The van der Waals surface area contributed by atoms with Gasteiger partial charge in [0.25, 0.3) is 0 Å². The summed E-state index contributed by atoms with van der Waals surface area (Å²) in [6, 6.07) is 0. The van der Waals surface area contributed by atoms with E-state index in [0.717, 1.165) is 0 Å². The first-order chi connectivity index (χ1) is 4.11. The highest BCUT2D eigenvalue weighted by atomic mass is 31.1. The summed E-state index contributed by atoms with van der Waals surface area (Å²) in [5, 5.41) is 0.582. The fourth-order valence-corrected chi connectivity index (χ4v) is 3.08. The third-order valence-electron chi connectivity index (χ3n) is 1.77. The Morgan fingerprint density at radius 2 is 1.56 bits per heavy atom. The van der Waals surface area contributed by atoms with Crippen LogP contribution < -0.4 is 0 Å². The van der Waals surface area contributed by atoms with Crippen LogP contribution >= 0.6 is 7.92 Å². The van der Waals surface area contributed by atoms with Crippen LogP contribution in [-0.2, 0) is 0 Å². The predicted octanol–water partition coefficient (Wildman–Crippen LogP) is 2.84. The van der Waals surface area contributed by atoms with Gasteiger partial charge in [0.1, 0.15) is 0 Å². The van der Waals surface area contributed by atoms with Crippen LogP contribution in [0.1, 0.15) is 20.8 Å². The molecule has 0 aromatic rings. The van der Waals surface area contributed by atoms with Gasteiger partial charge in [-0.15, -0.1) is 0 Å². The van der Waals surface area contributed by atoms with Gasteiger partial charge in [0, 0.05) is 0 Å². The zero-order valence-electron chi connectivity index (χ0n) is 6.52. The van der Waals surface area contributed by atoms with E-state index in [9.17, 15) is 0 Å². The molecule has 1 heteroatoms. The molecule has 0 atom stereocenters. The molecule has 0 fully saturated rings. The molecule has 0 amide bonds. The quantitative estimate of drug-likeness (QED) is 0.360. The Labute approximate surface area is 59.1 Å². The van der Waals surface area contributed by atoms with Crippen LogP contribution in [0, 0.1) is 0 Å². The van der Waals surface area contributed by atoms with E-state index in [0.29, 0.717) is 13.1 Å². The van der Waals surface area contributed by atoms with Gasteiger partial charge >= 0.3 is 0 Å². The van der Waals surface area contributed by atoms with Gasteiger partial charge in [-0.05, 0) is 17.5 Å². The molecule has 0 nitrogen and oxygen atoms in total. The van der Waals surface area contributed by atoms with Crippen LogP contribution in [0.5, 0.6) is 0 Å². The predicted molar refractivity (Wildman–Crippen MR) is 45.5 cm³/mol. The molecule has 0 saturated heterocycles. The van der Waals surface area contributed by atoms with Crippen molar-refractivity contribution in [2.75, 3.05) is 12.3 Å². The summed E-state index contributed by atoms with van der Waals surface area (Å²) in [6.07, 6.45) is 7.38. The SMILES string of the molecule is CC(C)(C)P1CC=CC1. The maximum absolute atomic E-state index is 2.35. The lowest BCUT2D eigenvalue weighted by Gasteiger charge is -2.26. The Balaban J connectivity index is 2.46. The first-order valence-electron chi connectivity index (χ1n) is 3.51.